The van der Waals surface area contributed by atoms with E-state index in [9.17, 15) is 4.79 Å². The van der Waals surface area contributed by atoms with Gasteiger partial charge in [-0.25, -0.2) is 9.78 Å². The summed E-state index contributed by atoms with van der Waals surface area (Å²) in [5, 5.41) is 9.07. The van der Waals surface area contributed by atoms with Crippen molar-refractivity contribution in [1.29, 1.82) is 0 Å². The monoisotopic (exact) mass is 226 g/mol. The van der Waals surface area contributed by atoms with Crippen LogP contribution in [0.25, 0.3) is 0 Å². The molecule has 82 valence electrons. The Labute approximate surface area is 92.7 Å². The van der Waals surface area contributed by atoms with Crippen molar-refractivity contribution < 1.29 is 9.90 Å². The van der Waals surface area contributed by atoms with Crippen LogP contribution in [0.1, 0.15) is 41.9 Å². The van der Waals surface area contributed by atoms with Crippen LogP contribution in [0, 0.1) is 0 Å². The molecule has 2 rings (SSSR count). The summed E-state index contributed by atoms with van der Waals surface area (Å²) >= 11 is 1.81. The first-order valence-electron chi connectivity index (χ1n) is 5.02. The van der Waals surface area contributed by atoms with E-state index in [0.717, 1.165) is 29.3 Å². The zero-order chi connectivity index (χ0) is 11.0. The Morgan fingerprint density at radius 3 is 2.93 bits per heavy atom. The Bertz CT molecular complexity index is 398. The molecule has 0 saturated heterocycles. The average Bonchev–Trinajstić information content (AvgIpc) is 2.56. The summed E-state index contributed by atoms with van der Waals surface area (Å²) in [4.78, 5) is 15.3. The molecule has 1 aromatic heterocycles. The quantitative estimate of drug-likeness (QED) is 0.837. The number of thioether (sulfide) groups is 1. The molecule has 0 fully saturated rings. The molecule has 0 unspecified atom stereocenters. The summed E-state index contributed by atoms with van der Waals surface area (Å²) in [7, 11) is 0. The van der Waals surface area contributed by atoms with Gasteiger partial charge < -0.3 is 9.67 Å². The number of imidazole rings is 1. The van der Waals surface area contributed by atoms with Crippen molar-refractivity contribution in [3.05, 3.63) is 17.2 Å². The minimum absolute atomic E-state index is 0.162. The molecule has 1 aromatic rings. The van der Waals surface area contributed by atoms with Gasteiger partial charge in [-0.2, -0.15) is 11.8 Å². The molecular formula is C10H14N2O2S. The molecule has 0 aromatic carbocycles. The lowest BCUT2D eigenvalue weighted by atomic mass is 10.2. The van der Waals surface area contributed by atoms with E-state index in [1.165, 1.54) is 0 Å². The van der Waals surface area contributed by atoms with E-state index in [-0.39, 0.29) is 11.9 Å². The number of aromatic carboxylic acids is 1. The molecular weight excluding hydrogens is 212 g/mol. The maximum absolute atomic E-state index is 11.1. The van der Waals surface area contributed by atoms with Crippen LogP contribution in [0.15, 0.2) is 0 Å². The summed E-state index contributed by atoms with van der Waals surface area (Å²) in [6.45, 7) is 3.99. The Morgan fingerprint density at radius 2 is 2.33 bits per heavy atom. The fourth-order valence-corrected chi connectivity index (χ4v) is 2.84. The van der Waals surface area contributed by atoms with Gasteiger partial charge in [0.2, 0.25) is 5.82 Å². The molecule has 0 aliphatic carbocycles. The first-order chi connectivity index (χ1) is 7.11. The Balaban J connectivity index is 2.56. The third-order valence-corrected chi connectivity index (χ3v) is 3.49. The van der Waals surface area contributed by atoms with E-state index in [2.05, 4.69) is 4.98 Å². The maximum Gasteiger partial charge on any atom is 0.372 e. The molecule has 1 N–H and O–H groups in total. The molecule has 0 amide bonds. The van der Waals surface area contributed by atoms with Crippen LogP contribution in [0.2, 0.25) is 0 Å². The standard InChI is InChI=1S/C10H14N2O2S/c1-6(2)12-8-3-4-15-5-7(8)11-9(12)10(13)14/h6H,3-5H2,1-2H3,(H,13,14). The average molecular weight is 226 g/mol. The van der Waals surface area contributed by atoms with E-state index in [1.54, 1.807) is 0 Å². The SMILES string of the molecule is CC(C)n1c(C(=O)O)nc2c1CCSC2. The van der Waals surface area contributed by atoms with Gasteiger partial charge in [0, 0.05) is 17.5 Å². The highest BCUT2D eigenvalue weighted by Gasteiger charge is 2.24. The molecule has 1 aliphatic rings. The molecule has 4 nitrogen and oxygen atoms in total. The van der Waals surface area contributed by atoms with Crippen molar-refractivity contribution in [2.24, 2.45) is 0 Å². The molecule has 0 bridgehead atoms. The largest absolute Gasteiger partial charge is 0.475 e. The van der Waals surface area contributed by atoms with Crippen LogP contribution < -0.4 is 0 Å². The van der Waals surface area contributed by atoms with Crippen molar-refractivity contribution in [1.82, 2.24) is 9.55 Å². The molecule has 1 aliphatic heterocycles. The molecule has 5 heteroatoms. The highest BCUT2D eigenvalue weighted by Crippen LogP contribution is 2.27. The van der Waals surface area contributed by atoms with Crippen LogP contribution in [0.5, 0.6) is 0 Å². The molecule has 15 heavy (non-hydrogen) atoms. The lowest BCUT2D eigenvalue weighted by molar-refractivity contribution is 0.0676. The fraction of sp³-hybridized carbons (Fsp3) is 0.600. The molecule has 0 atom stereocenters. The molecule has 0 radical (unpaired) electrons. The molecule has 2 heterocycles. The van der Waals surface area contributed by atoms with Gasteiger partial charge in [-0.1, -0.05) is 0 Å². The summed E-state index contributed by atoms with van der Waals surface area (Å²) in [6, 6.07) is 0.162. The maximum atomic E-state index is 11.1. The number of fused-ring (bicyclic) bond motifs is 1. The third-order valence-electron chi connectivity index (χ3n) is 2.52. The minimum atomic E-state index is -0.928. The Kier molecular flexibility index (Phi) is 2.73. The normalized spacial score (nSPS) is 15.4. The summed E-state index contributed by atoms with van der Waals surface area (Å²) < 4.78 is 1.86. The van der Waals surface area contributed by atoms with Gasteiger partial charge in [0.25, 0.3) is 0 Å². The third kappa shape index (κ3) is 1.76. The van der Waals surface area contributed by atoms with Crippen molar-refractivity contribution in [3.8, 4) is 0 Å². The van der Waals surface area contributed by atoms with Gasteiger partial charge in [-0.15, -0.1) is 0 Å². The van der Waals surface area contributed by atoms with Crippen molar-refractivity contribution in [2.75, 3.05) is 5.75 Å². The van der Waals surface area contributed by atoms with Crippen molar-refractivity contribution in [2.45, 2.75) is 32.1 Å². The molecule has 0 saturated carbocycles. The highest BCUT2D eigenvalue weighted by atomic mass is 32.2. The van der Waals surface area contributed by atoms with Crippen molar-refractivity contribution in [3.63, 3.8) is 0 Å². The summed E-state index contributed by atoms with van der Waals surface area (Å²) in [5.41, 5.74) is 2.07. The number of nitrogens with zero attached hydrogens (tertiary/aromatic N) is 2. The fourth-order valence-electron chi connectivity index (χ4n) is 1.94. The van der Waals surface area contributed by atoms with Crippen LogP contribution in [0.3, 0.4) is 0 Å². The van der Waals surface area contributed by atoms with Gasteiger partial charge in [-0.05, 0) is 26.0 Å². The highest BCUT2D eigenvalue weighted by molar-refractivity contribution is 7.98. The van der Waals surface area contributed by atoms with Crippen LogP contribution in [-0.4, -0.2) is 26.4 Å². The second kappa shape index (κ2) is 3.89. The second-order valence-electron chi connectivity index (χ2n) is 3.90. The lowest BCUT2D eigenvalue weighted by Gasteiger charge is -2.17. The Morgan fingerprint density at radius 1 is 1.60 bits per heavy atom. The van der Waals surface area contributed by atoms with Gasteiger partial charge in [-0.3, -0.25) is 0 Å². The van der Waals surface area contributed by atoms with E-state index in [1.807, 2.05) is 30.2 Å². The number of hydrogen-bond donors (Lipinski definition) is 1. The van der Waals surface area contributed by atoms with E-state index in [0.29, 0.717) is 0 Å². The molecule has 0 spiro atoms. The number of carboxylic acids is 1. The van der Waals surface area contributed by atoms with Crippen LogP contribution in [0.4, 0.5) is 0 Å². The first kappa shape index (κ1) is 10.5. The topological polar surface area (TPSA) is 55.1 Å². The number of carboxylic acid groups (broad SMARTS) is 1. The van der Waals surface area contributed by atoms with Crippen LogP contribution in [-0.2, 0) is 12.2 Å². The first-order valence-corrected chi connectivity index (χ1v) is 6.17. The zero-order valence-electron chi connectivity index (χ0n) is 8.86. The van der Waals surface area contributed by atoms with E-state index < -0.39 is 5.97 Å². The van der Waals surface area contributed by atoms with Crippen molar-refractivity contribution >= 4 is 17.7 Å². The predicted octanol–water partition coefficient (Wildman–Crippen LogP) is 1.95. The number of carbonyl (C=O) groups is 1. The second-order valence-corrected chi connectivity index (χ2v) is 5.01. The minimum Gasteiger partial charge on any atom is -0.475 e. The van der Waals surface area contributed by atoms with Gasteiger partial charge in [0.15, 0.2) is 0 Å². The number of rotatable bonds is 2. The zero-order valence-corrected chi connectivity index (χ0v) is 9.67. The van der Waals surface area contributed by atoms with E-state index >= 15 is 0 Å². The summed E-state index contributed by atoms with van der Waals surface area (Å²) in [6.07, 6.45) is 0.929. The van der Waals surface area contributed by atoms with Gasteiger partial charge >= 0.3 is 5.97 Å². The smallest absolute Gasteiger partial charge is 0.372 e. The van der Waals surface area contributed by atoms with Gasteiger partial charge in [0.05, 0.1) is 5.69 Å². The van der Waals surface area contributed by atoms with E-state index in [4.69, 9.17) is 5.11 Å². The summed E-state index contributed by atoms with van der Waals surface area (Å²) in [5.74, 6) is 1.17. The number of aromatic nitrogens is 2. The Hall–Kier alpha value is -0.970. The lowest BCUT2D eigenvalue weighted by Crippen LogP contribution is -2.15. The predicted molar refractivity (Wildman–Crippen MR) is 59.4 cm³/mol. The number of hydrogen-bond acceptors (Lipinski definition) is 3. The van der Waals surface area contributed by atoms with Crippen LogP contribution >= 0.6 is 11.8 Å². The van der Waals surface area contributed by atoms with Gasteiger partial charge in [0.1, 0.15) is 0 Å².